The number of carboxylic acid groups (broad SMARTS) is 3. The minimum absolute atomic E-state index is 0.0152. The topological polar surface area (TPSA) is 291 Å². The zero-order chi connectivity index (χ0) is 36.3. The Morgan fingerprint density at radius 1 is 0.592 bits per heavy atom. The second-order valence-corrected chi connectivity index (χ2v) is 11.0. The van der Waals surface area contributed by atoms with Crippen LogP contribution in [0.4, 0.5) is 0 Å². The fourth-order valence-corrected chi connectivity index (χ4v) is 5.24. The number of fused-ring (bicyclic) bond motifs is 3. The standard InChI is InChI=1S/C11H9NO5.C11H9NO4.C10H6BrNO4/c13-4-5-1-2-7(14)10-9(5)8(15)3-6(12-10)11(16)17;1-5-2-3-7(13)10-9(5)8(14)4-6(12-10)11(15)16;11-4-1-2-6(13)9-8(4)7(14)3-5(12-9)10(15)16/h1-3,13-14H,4H2,(H,12,15)(H,16,17);2-4,13H,1H3,(H,12,14)(H,15,16);1-3,13H,(H,12,14)(H,15,16). The molecular weight excluding hydrogens is 714 g/mol. The van der Waals surface area contributed by atoms with Crippen molar-refractivity contribution in [1.82, 2.24) is 15.0 Å². The first-order chi connectivity index (χ1) is 23.0. The van der Waals surface area contributed by atoms with E-state index in [1.165, 1.54) is 30.3 Å². The summed E-state index contributed by atoms with van der Waals surface area (Å²) in [6.07, 6.45) is 0. The number of phenols is 3. The molecule has 49 heavy (non-hydrogen) atoms. The zero-order valence-corrected chi connectivity index (χ0v) is 26.4. The van der Waals surface area contributed by atoms with Crippen LogP contribution in [0, 0.1) is 6.92 Å². The summed E-state index contributed by atoms with van der Waals surface area (Å²) < 4.78 is 0.499. The van der Waals surface area contributed by atoms with Gasteiger partial charge in [-0.3, -0.25) is 14.4 Å². The third-order valence-corrected chi connectivity index (χ3v) is 7.66. The molecule has 0 aliphatic rings. The molecule has 6 rings (SSSR count). The Kier molecular flexibility index (Phi) is 10.2. The summed E-state index contributed by atoms with van der Waals surface area (Å²) in [4.78, 5) is 74.8. The number of aromatic amines is 3. The van der Waals surface area contributed by atoms with Gasteiger partial charge in [0.1, 0.15) is 34.3 Å². The minimum Gasteiger partial charge on any atom is -0.506 e. The third-order valence-electron chi connectivity index (χ3n) is 7.00. The maximum absolute atomic E-state index is 11.7. The number of H-pyrrole nitrogens is 3. The fourth-order valence-electron chi connectivity index (χ4n) is 4.72. The Balaban J connectivity index is 0.000000166. The lowest BCUT2D eigenvalue weighted by atomic mass is 10.1. The predicted octanol–water partition coefficient (Wildman–Crippen LogP) is 3.36. The molecule has 0 aliphatic carbocycles. The molecule has 10 N–H and O–H groups in total. The van der Waals surface area contributed by atoms with E-state index >= 15 is 0 Å². The van der Waals surface area contributed by atoms with E-state index in [4.69, 9.17) is 20.4 Å². The first kappa shape index (κ1) is 35.4. The van der Waals surface area contributed by atoms with E-state index in [1.807, 2.05) is 0 Å². The summed E-state index contributed by atoms with van der Waals surface area (Å²) in [6.45, 7) is 1.35. The van der Waals surface area contributed by atoms with Crippen molar-refractivity contribution in [3.05, 3.63) is 118 Å². The highest BCUT2D eigenvalue weighted by Gasteiger charge is 2.15. The van der Waals surface area contributed by atoms with E-state index in [-0.39, 0.29) is 68.3 Å². The minimum atomic E-state index is -1.29. The lowest BCUT2D eigenvalue weighted by molar-refractivity contribution is 0.0680. The molecule has 0 atom stereocenters. The molecule has 16 nitrogen and oxygen atoms in total. The second kappa shape index (κ2) is 14.1. The van der Waals surface area contributed by atoms with Crippen LogP contribution in [0.25, 0.3) is 32.7 Å². The van der Waals surface area contributed by atoms with Crippen LogP contribution in [0.15, 0.2) is 73.5 Å². The predicted molar refractivity (Wildman–Crippen MR) is 178 cm³/mol. The van der Waals surface area contributed by atoms with Gasteiger partial charge in [-0.25, -0.2) is 14.4 Å². The van der Waals surface area contributed by atoms with Gasteiger partial charge in [0.15, 0.2) is 16.3 Å². The molecule has 3 aromatic heterocycles. The number of aliphatic hydroxyl groups excluding tert-OH is 1. The van der Waals surface area contributed by atoms with E-state index < -0.39 is 34.2 Å². The number of aryl methyl sites for hydroxylation is 1. The van der Waals surface area contributed by atoms with Gasteiger partial charge >= 0.3 is 17.9 Å². The number of rotatable bonds is 4. The number of aromatic hydroxyl groups is 3. The van der Waals surface area contributed by atoms with Crippen LogP contribution in [-0.2, 0) is 6.61 Å². The molecule has 0 saturated carbocycles. The number of pyridine rings is 3. The van der Waals surface area contributed by atoms with Crippen LogP contribution in [0.1, 0.15) is 42.6 Å². The van der Waals surface area contributed by atoms with Crippen LogP contribution in [0.5, 0.6) is 17.2 Å². The highest BCUT2D eigenvalue weighted by atomic mass is 79.9. The molecule has 3 aromatic carbocycles. The number of halogens is 1. The van der Waals surface area contributed by atoms with Gasteiger partial charge in [-0.15, -0.1) is 0 Å². The van der Waals surface area contributed by atoms with Crippen molar-refractivity contribution in [3.8, 4) is 17.2 Å². The molecule has 0 aliphatic heterocycles. The molecule has 17 heteroatoms. The number of aromatic carboxylic acids is 3. The lowest BCUT2D eigenvalue weighted by Crippen LogP contribution is -2.11. The van der Waals surface area contributed by atoms with Gasteiger partial charge in [0.25, 0.3) is 0 Å². The average molecular weight is 738 g/mol. The molecule has 0 unspecified atom stereocenters. The van der Waals surface area contributed by atoms with Crippen molar-refractivity contribution in [2.45, 2.75) is 13.5 Å². The highest BCUT2D eigenvalue weighted by molar-refractivity contribution is 9.10. The van der Waals surface area contributed by atoms with E-state index in [1.54, 1.807) is 13.0 Å². The summed E-state index contributed by atoms with van der Waals surface area (Å²) in [6, 6.07) is 11.5. The van der Waals surface area contributed by atoms with Gasteiger partial charge in [-0.2, -0.15) is 0 Å². The highest BCUT2D eigenvalue weighted by Crippen LogP contribution is 2.27. The quantitative estimate of drug-likeness (QED) is 0.124. The van der Waals surface area contributed by atoms with Gasteiger partial charge in [-0.1, -0.05) is 12.1 Å². The van der Waals surface area contributed by atoms with E-state index in [2.05, 4.69) is 30.9 Å². The van der Waals surface area contributed by atoms with Crippen LogP contribution < -0.4 is 16.3 Å². The summed E-state index contributed by atoms with van der Waals surface area (Å²) in [7, 11) is 0. The zero-order valence-electron chi connectivity index (χ0n) is 24.9. The van der Waals surface area contributed by atoms with Gasteiger partial charge in [0, 0.05) is 22.7 Å². The van der Waals surface area contributed by atoms with Crippen molar-refractivity contribution >= 4 is 66.5 Å². The normalized spacial score (nSPS) is 10.6. The molecule has 252 valence electrons. The number of phenolic OH excluding ortho intramolecular Hbond substituents is 3. The first-order valence-corrected chi connectivity index (χ1v) is 14.4. The van der Waals surface area contributed by atoms with Crippen LogP contribution >= 0.6 is 15.9 Å². The smallest absolute Gasteiger partial charge is 0.352 e. The Morgan fingerprint density at radius 3 is 1.41 bits per heavy atom. The van der Waals surface area contributed by atoms with Crippen molar-refractivity contribution in [1.29, 1.82) is 0 Å². The van der Waals surface area contributed by atoms with Gasteiger partial charge in [0.2, 0.25) is 0 Å². The molecule has 0 spiro atoms. The summed E-state index contributed by atoms with van der Waals surface area (Å²) in [5.74, 6) is -4.33. The van der Waals surface area contributed by atoms with E-state index in [9.17, 15) is 44.1 Å². The van der Waals surface area contributed by atoms with Gasteiger partial charge in [-0.05, 0) is 58.2 Å². The van der Waals surface area contributed by atoms with Crippen molar-refractivity contribution in [2.75, 3.05) is 0 Å². The largest absolute Gasteiger partial charge is 0.506 e. The maximum atomic E-state index is 11.7. The monoisotopic (exact) mass is 737 g/mol. The molecule has 6 aromatic rings. The maximum Gasteiger partial charge on any atom is 0.352 e. The lowest BCUT2D eigenvalue weighted by Gasteiger charge is -2.06. The molecule has 0 saturated heterocycles. The molecule has 0 radical (unpaired) electrons. The number of aliphatic hydroxyl groups is 1. The van der Waals surface area contributed by atoms with Crippen molar-refractivity contribution < 1.29 is 50.1 Å². The molecule has 0 fully saturated rings. The van der Waals surface area contributed by atoms with Crippen molar-refractivity contribution in [2.24, 2.45) is 0 Å². The number of hydrogen-bond acceptors (Lipinski definition) is 10. The van der Waals surface area contributed by atoms with Crippen LogP contribution in [-0.4, -0.2) is 68.6 Å². The Bertz CT molecular complexity index is 2390. The fraction of sp³-hybridized carbons (Fsp3) is 0.0625. The number of nitrogens with one attached hydrogen (secondary N) is 3. The average Bonchev–Trinajstić information content (AvgIpc) is 3.05. The number of hydrogen-bond donors (Lipinski definition) is 10. The summed E-state index contributed by atoms with van der Waals surface area (Å²) >= 11 is 3.16. The van der Waals surface area contributed by atoms with E-state index in [0.717, 1.165) is 18.2 Å². The van der Waals surface area contributed by atoms with Gasteiger partial charge in [0.05, 0.1) is 39.3 Å². The molecule has 0 amide bonds. The summed E-state index contributed by atoms with van der Waals surface area (Å²) in [5, 5.41) is 64.7. The molecular formula is C32H24BrN3O13. The molecule has 0 bridgehead atoms. The summed E-state index contributed by atoms with van der Waals surface area (Å²) in [5.41, 5.74) is -0.950. The number of carbonyl (C=O) groups is 3. The van der Waals surface area contributed by atoms with E-state index in [0.29, 0.717) is 21.0 Å². The number of carboxylic acids is 3. The Labute approximate surface area is 279 Å². The number of aromatic nitrogens is 3. The second-order valence-electron chi connectivity index (χ2n) is 10.2. The van der Waals surface area contributed by atoms with Crippen LogP contribution in [0.2, 0.25) is 0 Å². The first-order valence-electron chi connectivity index (χ1n) is 13.6. The third kappa shape index (κ3) is 7.27. The Hall–Kier alpha value is -6.46. The SMILES string of the molecule is Cc1ccc(O)c2[nH]c(C(=O)O)cc(=O)c12.O=C(O)c1cc(=O)c2c(Br)ccc(O)c2[nH]1.O=C(O)c1cc(=O)c2c(CO)ccc(O)c2[nH]1. The van der Waals surface area contributed by atoms with Gasteiger partial charge < -0.3 is 50.7 Å². The molecule has 3 heterocycles. The Morgan fingerprint density at radius 2 is 0.959 bits per heavy atom. The van der Waals surface area contributed by atoms with Crippen molar-refractivity contribution in [3.63, 3.8) is 0 Å². The number of benzene rings is 3. The van der Waals surface area contributed by atoms with Crippen LogP contribution in [0.3, 0.4) is 0 Å².